The number of nitrogens with one attached hydrogen (secondary N) is 2. The summed E-state index contributed by atoms with van der Waals surface area (Å²) in [7, 11) is 0. The third-order valence-corrected chi connectivity index (χ3v) is 3.89. The SMILES string of the molecule is Cc1cc(NC2C3CNCC32)c([N+](=O)[O-])cc1F. The fraction of sp³-hybridized carbons (Fsp3) is 0.500. The van der Waals surface area contributed by atoms with Crippen molar-refractivity contribution in [1.29, 1.82) is 0 Å². The van der Waals surface area contributed by atoms with Gasteiger partial charge in [-0.3, -0.25) is 10.1 Å². The number of nitro benzene ring substituents is 1. The second kappa shape index (κ2) is 3.91. The number of benzene rings is 1. The molecule has 2 unspecified atom stereocenters. The monoisotopic (exact) mass is 251 g/mol. The summed E-state index contributed by atoms with van der Waals surface area (Å²) in [6, 6.07) is 2.80. The van der Waals surface area contributed by atoms with E-state index in [1.54, 1.807) is 6.92 Å². The lowest BCUT2D eigenvalue weighted by atomic mass is 10.1. The minimum Gasteiger partial charge on any atom is -0.376 e. The number of nitrogens with zero attached hydrogens (tertiary/aromatic N) is 1. The molecule has 1 aliphatic carbocycles. The average Bonchev–Trinajstić information content (AvgIpc) is 2.74. The zero-order valence-electron chi connectivity index (χ0n) is 9.94. The predicted molar refractivity (Wildman–Crippen MR) is 65.1 cm³/mol. The van der Waals surface area contributed by atoms with Crippen LogP contribution in [0, 0.1) is 34.7 Å². The first-order chi connectivity index (χ1) is 8.58. The standard InChI is InChI=1S/C12H14FN3O2/c1-6-2-10(11(16(17)18)3-9(6)13)15-12-7-4-14-5-8(7)12/h2-3,7-8,12,14-15H,4-5H2,1H3. The Balaban J connectivity index is 1.86. The maximum absolute atomic E-state index is 13.4. The summed E-state index contributed by atoms with van der Waals surface area (Å²) in [5.41, 5.74) is 0.668. The molecule has 0 spiro atoms. The van der Waals surface area contributed by atoms with E-state index in [9.17, 15) is 14.5 Å². The summed E-state index contributed by atoms with van der Waals surface area (Å²) in [6.07, 6.45) is 0. The molecule has 1 heterocycles. The van der Waals surface area contributed by atoms with Crippen molar-refractivity contribution in [2.45, 2.75) is 13.0 Å². The molecule has 0 radical (unpaired) electrons. The number of hydrogen-bond donors (Lipinski definition) is 2. The first kappa shape index (κ1) is 11.4. The highest BCUT2D eigenvalue weighted by molar-refractivity contribution is 5.64. The molecule has 0 bridgehead atoms. The Labute approximate surface area is 104 Å². The van der Waals surface area contributed by atoms with E-state index < -0.39 is 10.7 Å². The van der Waals surface area contributed by atoms with E-state index in [0.29, 0.717) is 23.1 Å². The maximum atomic E-state index is 13.4. The van der Waals surface area contributed by atoms with Gasteiger partial charge < -0.3 is 10.6 Å². The normalized spacial score (nSPS) is 28.9. The van der Waals surface area contributed by atoms with Gasteiger partial charge in [-0.2, -0.15) is 0 Å². The quantitative estimate of drug-likeness (QED) is 0.633. The van der Waals surface area contributed by atoms with Crippen LogP contribution in [-0.4, -0.2) is 24.1 Å². The lowest BCUT2D eigenvalue weighted by Gasteiger charge is -2.10. The van der Waals surface area contributed by atoms with E-state index in [4.69, 9.17) is 0 Å². The van der Waals surface area contributed by atoms with Crippen LogP contribution in [-0.2, 0) is 0 Å². The third-order valence-electron chi connectivity index (χ3n) is 3.89. The lowest BCUT2D eigenvalue weighted by Crippen LogP contribution is -2.21. The largest absolute Gasteiger partial charge is 0.376 e. The smallest absolute Gasteiger partial charge is 0.295 e. The summed E-state index contributed by atoms with van der Waals surface area (Å²) < 4.78 is 13.4. The van der Waals surface area contributed by atoms with Gasteiger partial charge in [0.25, 0.3) is 5.69 Å². The second-order valence-electron chi connectivity index (χ2n) is 5.03. The van der Waals surface area contributed by atoms with Crippen LogP contribution in [0.5, 0.6) is 0 Å². The van der Waals surface area contributed by atoms with Crippen LogP contribution >= 0.6 is 0 Å². The molecule has 3 rings (SSSR count). The van der Waals surface area contributed by atoms with Crippen molar-refractivity contribution in [3.05, 3.63) is 33.6 Å². The molecule has 1 aromatic carbocycles. The molecule has 5 nitrogen and oxygen atoms in total. The highest BCUT2D eigenvalue weighted by atomic mass is 19.1. The number of fused-ring (bicyclic) bond motifs is 1. The van der Waals surface area contributed by atoms with Crippen LogP contribution < -0.4 is 10.6 Å². The zero-order valence-corrected chi connectivity index (χ0v) is 9.94. The molecular weight excluding hydrogens is 237 g/mol. The average molecular weight is 251 g/mol. The zero-order chi connectivity index (χ0) is 12.9. The van der Waals surface area contributed by atoms with E-state index in [2.05, 4.69) is 10.6 Å². The van der Waals surface area contributed by atoms with Crippen LogP contribution in [0.4, 0.5) is 15.8 Å². The first-order valence-corrected chi connectivity index (χ1v) is 5.99. The molecule has 96 valence electrons. The summed E-state index contributed by atoms with van der Waals surface area (Å²) in [4.78, 5) is 10.4. The van der Waals surface area contributed by atoms with Crippen molar-refractivity contribution < 1.29 is 9.31 Å². The molecular formula is C12H14FN3O2. The number of hydrogen-bond acceptors (Lipinski definition) is 4. The van der Waals surface area contributed by atoms with Crippen molar-refractivity contribution in [3.63, 3.8) is 0 Å². The number of aryl methyl sites for hydroxylation is 1. The molecule has 2 fully saturated rings. The molecule has 1 saturated heterocycles. The highest BCUT2D eigenvalue weighted by Crippen LogP contribution is 2.45. The number of nitro groups is 1. The van der Waals surface area contributed by atoms with Gasteiger partial charge in [0.2, 0.25) is 0 Å². The fourth-order valence-corrected chi connectivity index (χ4v) is 2.75. The summed E-state index contributed by atoms with van der Waals surface area (Å²) in [5, 5.41) is 17.4. The Hall–Kier alpha value is -1.69. The Kier molecular flexibility index (Phi) is 2.48. The third kappa shape index (κ3) is 1.73. The maximum Gasteiger partial charge on any atom is 0.295 e. The molecule has 18 heavy (non-hydrogen) atoms. The Bertz CT molecular complexity index is 510. The predicted octanol–water partition coefficient (Wildman–Crippen LogP) is 1.67. The van der Waals surface area contributed by atoms with Crippen molar-refractivity contribution >= 4 is 11.4 Å². The molecule has 0 amide bonds. The summed E-state index contributed by atoms with van der Waals surface area (Å²) in [5.74, 6) is 0.565. The topological polar surface area (TPSA) is 67.2 Å². The van der Waals surface area contributed by atoms with Gasteiger partial charge in [-0.25, -0.2) is 4.39 Å². The molecule has 1 aromatic rings. The molecule has 1 aliphatic heterocycles. The van der Waals surface area contributed by atoms with Gasteiger partial charge in [0.1, 0.15) is 11.5 Å². The second-order valence-corrected chi connectivity index (χ2v) is 5.03. The summed E-state index contributed by atoms with van der Waals surface area (Å²) >= 11 is 0. The van der Waals surface area contributed by atoms with Crippen molar-refractivity contribution in [1.82, 2.24) is 5.32 Å². The molecule has 1 saturated carbocycles. The molecule has 2 N–H and O–H groups in total. The van der Waals surface area contributed by atoms with Crippen molar-refractivity contribution in [2.75, 3.05) is 18.4 Å². The molecule has 0 aromatic heterocycles. The number of anilines is 1. The van der Waals surface area contributed by atoms with Gasteiger partial charge in [0, 0.05) is 19.1 Å². The van der Waals surface area contributed by atoms with E-state index in [0.717, 1.165) is 19.2 Å². The molecule has 6 heteroatoms. The van der Waals surface area contributed by atoms with Crippen LogP contribution in [0.25, 0.3) is 0 Å². The van der Waals surface area contributed by atoms with E-state index in [1.165, 1.54) is 6.07 Å². The van der Waals surface area contributed by atoms with Crippen LogP contribution in [0.1, 0.15) is 5.56 Å². The van der Waals surface area contributed by atoms with E-state index in [-0.39, 0.29) is 11.7 Å². The van der Waals surface area contributed by atoms with Crippen molar-refractivity contribution in [3.8, 4) is 0 Å². The summed E-state index contributed by atoms with van der Waals surface area (Å²) in [6.45, 7) is 3.52. The van der Waals surface area contributed by atoms with Gasteiger partial charge in [-0.15, -0.1) is 0 Å². The minimum atomic E-state index is -0.540. The number of piperidine rings is 1. The van der Waals surface area contributed by atoms with Gasteiger partial charge in [-0.05, 0) is 30.4 Å². The van der Waals surface area contributed by atoms with Gasteiger partial charge in [0.15, 0.2) is 0 Å². The number of rotatable bonds is 3. The Morgan fingerprint density at radius 1 is 1.44 bits per heavy atom. The van der Waals surface area contributed by atoms with Gasteiger partial charge in [0.05, 0.1) is 11.0 Å². The Morgan fingerprint density at radius 2 is 2.11 bits per heavy atom. The van der Waals surface area contributed by atoms with Crippen LogP contribution in [0.3, 0.4) is 0 Å². The first-order valence-electron chi connectivity index (χ1n) is 5.99. The fourth-order valence-electron chi connectivity index (χ4n) is 2.75. The number of halogens is 1. The molecule has 2 atom stereocenters. The van der Waals surface area contributed by atoms with Crippen LogP contribution in [0.15, 0.2) is 12.1 Å². The van der Waals surface area contributed by atoms with Gasteiger partial charge >= 0.3 is 0 Å². The highest BCUT2D eigenvalue weighted by Gasteiger charge is 2.53. The van der Waals surface area contributed by atoms with Gasteiger partial charge in [-0.1, -0.05) is 0 Å². The van der Waals surface area contributed by atoms with Crippen LogP contribution in [0.2, 0.25) is 0 Å². The van der Waals surface area contributed by atoms with E-state index >= 15 is 0 Å². The Morgan fingerprint density at radius 3 is 2.72 bits per heavy atom. The lowest BCUT2D eigenvalue weighted by molar-refractivity contribution is -0.384. The minimum absolute atomic E-state index is 0.184. The van der Waals surface area contributed by atoms with Crippen molar-refractivity contribution in [2.24, 2.45) is 11.8 Å². The van der Waals surface area contributed by atoms with E-state index in [1.807, 2.05) is 0 Å². The molecule has 2 aliphatic rings.